The number of anilines is 1. The van der Waals surface area contributed by atoms with Gasteiger partial charge >= 0.3 is 0 Å². The van der Waals surface area contributed by atoms with E-state index < -0.39 is 0 Å². The monoisotopic (exact) mass is 409 g/mol. The third-order valence-electron chi connectivity index (χ3n) is 4.65. The molecule has 3 rings (SSSR count). The molecule has 6 nitrogen and oxygen atoms in total. The van der Waals surface area contributed by atoms with E-state index in [2.05, 4.69) is 5.32 Å². The quantitative estimate of drug-likeness (QED) is 0.470. The zero-order chi connectivity index (χ0) is 21.7. The first kappa shape index (κ1) is 21.3. The topological polar surface area (TPSA) is 80.9 Å². The lowest BCUT2D eigenvalue weighted by atomic mass is 9.99. The van der Waals surface area contributed by atoms with Gasteiger partial charge < -0.3 is 24.3 Å². The van der Waals surface area contributed by atoms with Crippen molar-refractivity contribution in [3.8, 4) is 17.2 Å². The van der Waals surface area contributed by atoms with E-state index in [1.54, 1.807) is 24.3 Å². The highest BCUT2D eigenvalue weighted by molar-refractivity contribution is 6.02. The van der Waals surface area contributed by atoms with Gasteiger partial charge in [0, 0.05) is 5.69 Å². The molecular weight excluding hydrogens is 382 g/mol. The second kappa shape index (κ2) is 9.39. The lowest BCUT2D eigenvalue weighted by Gasteiger charge is -2.14. The number of phenolic OH excluding ortho intramolecular Hbond substituents is 1. The highest BCUT2D eigenvalue weighted by atomic mass is 16.5. The summed E-state index contributed by atoms with van der Waals surface area (Å²) in [4.78, 5) is 12.6. The molecule has 2 N–H and O–H groups in total. The molecule has 0 radical (unpaired) electrons. The molecule has 0 aliphatic carbocycles. The molecule has 3 aromatic rings. The molecule has 1 aromatic heterocycles. The average Bonchev–Trinajstić information content (AvgIpc) is 3.18. The Morgan fingerprint density at radius 1 is 1.07 bits per heavy atom. The number of aromatic hydroxyl groups is 1. The minimum Gasteiger partial charge on any atom is -0.508 e. The largest absolute Gasteiger partial charge is 0.508 e. The Morgan fingerprint density at radius 2 is 1.73 bits per heavy atom. The van der Waals surface area contributed by atoms with Crippen LogP contribution in [0.15, 0.2) is 52.9 Å². The minimum atomic E-state index is -0.356. The lowest BCUT2D eigenvalue weighted by Crippen LogP contribution is -2.12. The van der Waals surface area contributed by atoms with Crippen molar-refractivity contribution in [1.29, 1.82) is 0 Å². The number of ether oxygens (including phenoxy) is 2. The summed E-state index contributed by atoms with van der Waals surface area (Å²) in [6.45, 7) is 8.55. The summed E-state index contributed by atoms with van der Waals surface area (Å²) in [6, 6.07) is 14.1. The van der Waals surface area contributed by atoms with Crippen LogP contribution < -0.4 is 14.8 Å². The molecule has 1 amide bonds. The zero-order valence-electron chi connectivity index (χ0n) is 17.7. The van der Waals surface area contributed by atoms with Crippen molar-refractivity contribution in [2.45, 2.75) is 40.2 Å². The number of hydrogen-bond donors (Lipinski definition) is 2. The van der Waals surface area contributed by atoms with Gasteiger partial charge in [-0.25, -0.2) is 0 Å². The Morgan fingerprint density at radius 3 is 2.37 bits per heavy atom. The SMILES string of the molecule is CCOc1ccc(OCc2ccc(C(=O)Nc3cc(C(C)C)c(O)cc3C)o2)cc1. The molecule has 30 heavy (non-hydrogen) atoms. The Labute approximate surface area is 176 Å². The first-order valence-electron chi connectivity index (χ1n) is 9.96. The van der Waals surface area contributed by atoms with Crippen molar-refractivity contribution in [2.24, 2.45) is 0 Å². The predicted molar refractivity (Wildman–Crippen MR) is 116 cm³/mol. The molecule has 0 fully saturated rings. The van der Waals surface area contributed by atoms with Crippen molar-refractivity contribution in [3.63, 3.8) is 0 Å². The molecule has 1 heterocycles. The second-order valence-electron chi connectivity index (χ2n) is 7.29. The van der Waals surface area contributed by atoms with E-state index in [4.69, 9.17) is 13.9 Å². The highest BCUT2D eigenvalue weighted by Gasteiger charge is 2.15. The molecule has 0 saturated carbocycles. The Kier molecular flexibility index (Phi) is 6.67. The van der Waals surface area contributed by atoms with E-state index in [9.17, 15) is 9.90 Å². The van der Waals surface area contributed by atoms with Crippen LogP contribution in [0, 0.1) is 6.92 Å². The second-order valence-corrected chi connectivity index (χ2v) is 7.29. The van der Waals surface area contributed by atoms with Crippen molar-refractivity contribution in [1.82, 2.24) is 0 Å². The van der Waals surface area contributed by atoms with Crippen LogP contribution >= 0.6 is 0 Å². The van der Waals surface area contributed by atoms with Crippen LogP contribution in [-0.4, -0.2) is 17.6 Å². The predicted octanol–water partition coefficient (Wildman–Crippen LogP) is 5.65. The molecular formula is C24H27NO5. The van der Waals surface area contributed by atoms with Gasteiger partial charge in [-0.1, -0.05) is 13.8 Å². The summed E-state index contributed by atoms with van der Waals surface area (Å²) in [5, 5.41) is 12.9. The summed E-state index contributed by atoms with van der Waals surface area (Å²) in [5.74, 6) is 2.21. The molecule has 2 aromatic carbocycles. The minimum absolute atomic E-state index is 0.135. The fourth-order valence-electron chi connectivity index (χ4n) is 3.02. The van der Waals surface area contributed by atoms with Crippen LogP contribution in [0.25, 0.3) is 0 Å². The molecule has 0 atom stereocenters. The Bertz CT molecular complexity index is 1000. The number of phenols is 1. The van der Waals surface area contributed by atoms with Gasteiger partial charge in [-0.05, 0) is 79.4 Å². The van der Waals surface area contributed by atoms with Crippen LogP contribution in [0.2, 0.25) is 0 Å². The third-order valence-corrected chi connectivity index (χ3v) is 4.65. The van der Waals surface area contributed by atoms with Gasteiger partial charge in [0.2, 0.25) is 0 Å². The van der Waals surface area contributed by atoms with Crippen molar-refractivity contribution >= 4 is 11.6 Å². The molecule has 158 valence electrons. The van der Waals surface area contributed by atoms with Crippen molar-refractivity contribution in [3.05, 3.63) is 71.2 Å². The summed E-state index contributed by atoms with van der Waals surface area (Å²) in [7, 11) is 0. The molecule has 0 bridgehead atoms. The van der Waals surface area contributed by atoms with Crippen LogP contribution in [0.4, 0.5) is 5.69 Å². The van der Waals surface area contributed by atoms with Gasteiger partial charge in [-0.3, -0.25) is 4.79 Å². The summed E-state index contributed by atoms with van der Waals surface area (Å²) >= 11 is 0. The third kappa shape index (κ3) is 5.14. The van der Waals surface area contributed by atoms with Gasteiger partial charge in [0.25, 0.3) is 5.91 Å². The van der Waals surface area contributed by atoms with Crippen LogP contribution in [0.5, 0.6) is 17.2 Å². The smallest absolute Gasteiger partial charge is 0.291 e. The number of carbonyl (C=O) groups excluding carboxylic acids is 1. The molecule has 0 aliphatic heterocycles. The number of carbonyl (C=O) groups is 1. The van der Waals surface area contributed by atoms with Gasteiger partial charge in [-0.15, -0.1) is 0 Å². The first-order chi connectivity index (χ1) is 14.4. The van der Waals surface area contributed by atoms with Gasteiger partial charge in [0.15, 0.2) is 5.76 Å². The maximum atomic E-state index is 12.6. The average molecular weight is 409 g/mol. The Hall–Kier alpha value is -3.41. The van der Waals surface area contributed by atoms with Crippen molar-refractivity contribution in [2.75, 3.05) is 11.9 Å². The van der Waals surface area contributed by atoms with Gasteiger partial charge in [0.1, 0.15) is 29.6 Å². The molecule has 0 spiro atoms. The highest BCUT2D eigenvalue weighted by Crippen LogP contribution is 2.31. The lowest BCUT2D eigenvalue weighted by molar-refractivity contribution is 0.0992. The number of amides is 1. The van der Waals surface area contributed by atoms with E-state index in [1.807, 2.05) is 52.0 Å². The molecule has 0 aliphatic rings. The summed E-state index contributed by atoms with van der Waals surface area (Å²) in [5.41, 5.74) is 2.20. The standard InChI is InChI=1S/C24H27NO5/c1-5-28-17-6-8-18(9-7-17)29-14-19-10-11-23(30-19)24(27)25-21-13-20(15(2)3)22(26)12-16(21)4/h6-13,15,26H,5,14H2,1-4H3,(H,25,27). The van der Waals surface area contributed by atoms with Gasteiger partial charge in [-0.2, -0.15) is 0 Å². The number of benzene rings is 2. The maximum absolute atomic E-state index is 12.6. The number of nitrogens with one attached hydrogen (secondary N) is 1. The van der Waals surface area contributed by atoms with E-state index >= 15 is 0 Å². The van der Waals surface area contributed by atoms with Crippen LogP contribution in [-0.2, 0) is 6.61 Å². The fourth-order valence-corrected chi connectivity index (χ4v) is 3.02. The summed E-state index contributed by atoms with van der Waals surface area (Å²) < 4.78 is 16.7. The number of furan rings is 1. The number of aryl methyl sites for hydroxylation is 1. The number of hydrogen-bond acceptors (Lipinski definition) is 5. The molecule has 0 unspecified atom stereocenters. The van der Waals surface area contributed by atoms with E-state index in [1.165, 1.54) is 0 Å². The summed E-state index contributed by atoms with van der Waals surface area (Å²) in [6.07, 6.45) is 0. The molecule has 0 saturated heterocycles. The zero-order valence-corrected chi connectivity index (χ0v) is 17.7. The van der Waals surface area contributed by atoms with E-state index in [-0.39, 0.29) is 29.9 Å². The fraction of sp³-hybridized carbons (Fsp3) is 0.292. The normalized spacial score (nSPS) is 10.8. The van der Waals surface area contributed by atoms with E-state index in [0.29, 0.717) is 23.8 Å². The van der Waals surface area contributed by atoms with Gasteiger partial charge in [0.05, 0.1) is 6.61 Å². The first-order valence-corrected chi connectivity index (χ1v) is 9.96. The van der Waals surface area contributed by atoms with E-state index in [0.717, 1.165) is 16.9 Å². The Balaban J connectivity index is 1.63. The van der Waals surface area contributed by atoms with Crippen LogP contribution in [0.1, 0.15) is 54.1 Å². The van der Waals surface area contributed by atoms with Crippen LogP contribution in [0.3, 0.4) is 0 Å². The number of rotatable bonds is 8. The van der Waals surface area contributed by atoms with Crippen molar-refractivity contribution < 1.29 is 23.8 Å². The molecule has 6 heteroatoms. The maximum Gasteiger partial charge on any atom is 0.291 e.